The predicted molar refractivity (Wildman–Crippen MR) is 79.9 cm³/mol. The fourth-order valence-electron chi connectivity index (χ4n) is 2.82. The Labute approximate surface area is 139 Å². The third-order valence-corrected chi connectivity index (χ3v) is 3.84. The van der Waals surface area contributed by atoms with Gasteiger partial charge in [0.05, 0.1) is 24.6 Å². The molecule has 1 aliphatic rings. The second-order valence-corrected chi connectivity index (χ2v) is 5.79. The van der Waals surface area contributed by atoms with Gasteiger partial charge in [-0.05, 0) is 30.7 Å². The fourth-order valence-corrected chi connectivity index (χ4v) is 2.82. The summed E-state index contributed by atoms with van der Waals surface area (Å²) in [5.41, 5.74) is 0.417. The molecule has 1 aromatic carbocycles. The van der Waals surface area contributed by atoms with Crippen molar-refractivity contribution < 1.29 is 28.6 Å². The first-order valence-corrected chi connectivity index (χ1v) is 7.67. The second kappa shape index (κ2) is 6.48. The summed E-state index contributed by atoms with van der Waals surface area (Å²) in [6.45, 7) is 4.60. The van der Waals surface area contributed by atoms with Gasteiger partial charge in [0.25, 0.3) is 0 Å². The Hall–Kier alpha value is -2.61. The molecule has 2 heterocycles. The average molecular weight is 333 g/mol. The Balaban J connectivity index is 1.93. The smallest absolute Gasteiger partial charge is 0.327 e. The monoisotopic (exact) mass is 333 g/mol. The highest BCUT2D eigenvalue weighted by molar-refractivity contribution is 5.92. The lowest BCUT2D eigenvalue weighted by molar-refractivity contribution is -0.672. The number of morpholine rings is 1. The van der Waals surface area contributed by atoms with E-state index < -0.39 is 11.9 Å². The van der Waals surface area contributed by atoms with Gasteiger partial charge in [-0.25, -0.2) is 0 Å². The molecule has 8 nitrogen and oxygen atoms in total. The number of hydrogen-bond acceptors (Lipinski definition) is 6. The molecule has 3 rings (SSSR count). The van der Waals surface area contributed by atoms with Crippen LogP contribution in [0.2, 0.25) is 0 Å². The molecule has 128 valence electrons. The Bertz CT molecular complexity index is 718. The van der Waals surface area contributed by atoms with E-state index in [1.165, 1.54) is 4.68 Å². The van der Waals surface area contributed by atoms with Gasteiger partial charge in [0, 0.05) is 25.2 Å². The lowest BCUT2D eigenvalue weighted by Gasteiger charge is -2.34. The number of carbonyl (C=O) groups is 1. The maximum absolute atomic E-state index is 12.8. The quantitative estimate of drug-likeness (QED) is 0.750. The largest absolute Gasteiger partial charge is 0.538 e. The second-order valence-electron chi connectivity index (χ2n) is 5.79. The molecule has 1 amide bonds. The number of aromatic nitrogens is 2. The van der Waals surface area contributed by atoms with E-state index in [9.17, 15) is 9.90 Å². The number of nitrogens with zero attached hydrogens (tertiary/aromatic N) is 3. The Kier molecular flexibility index (Phi) is 4.39. The molecule has 1 aliphatic heterocycles. The zero-order chi connectivity index (χ0) is 17.3. The van der Waals surface area contributed by atoms with Crippen LogP contribution in [0.3, 0.4) is 0 Å². The summed E-state index contributed by atoms with van der Waals surface area (Å²) >= 11 is 0. The molecule has 8 heteroatoms. The third-order valence-electron chi connectivity index (χ3n) is 3.84. The SMILES string of the molecule is COc1ccc(-[n+]2noc([O-])c2C(=O)N2CC(C)OC(C)C2)cc1. The van der Waals surface area contributed by atoms with Crippen LogP contribution in [0.4, 0.5) is 0 Å². The van der Waals surface area contributed by atoms with Crippen LogP contribution in [0.15, 0.2) is 28.8 Å². The van der Waals surface area contributed by atoms with E-state index in [0.29, 0.717) is 24.5 Å². The van der Waals surface area contributed by atoms with Crippen LogP contribution in [0.1, 0.15) is 24.3 Å². The molecule has 2 aromatic rings. The molecule has 1 fully saturated rings. The van der Waals surface area contributed by atoms with E-state index in [1.807, 2.05) is 13.8 Å². The van der Waals surface area contributed by atoms with Gasteiger partial charge >= 0.3 is 11.6 Å². The molecule has 0 N–H and O–H groups in total. The molecular formula is C16H19N3O5. The third kappa shape index (κ3) is 3.05. The Morgan fingerprint density at radius 1 is 1.29 bits per heavy atom. The van der Waals surface area contributed by atoms with Crippen LogP contribution in [0, 0.1) is 0 Å². The van der Waals surface area contributed by atoms with Crippen molar-refractivity contribution in [2.75, 3.05) is 20.2 Å². The maximum Gasteiger partial charge on any atom is 0.327 e. The minimum absolute atomic E-state index is 0.0953. The topological polar surface area (TPSA) is 91.7 Å². The van der Waals surface area contributed by atoms with Crippen LogP contribution in [-0.4, -0.2) is 48.5 Å². The van der Waals surface area contributed by atoms with Gasteiger partial charge in [0.1, 0.15) is 5.75 Å². The number of amides is 1. The van der Waals surface area contributed by atoms with Gasteiger partial charge in [0.15, 0.2) is 5.95 Å². The Morgan fingerprint density at radius 2 is 1.92 bits per heavy atom. The minimum Gasteiger partial charge on any atom is -0.538 e. The number of ether oxygens (including phenoxy) is 2. The van der Waals surface area contributed by atoms with E-state index in [0.717, 1.165) is 0 Å². The molecule has 2 unspecified atom stereocenters. The number of carbonyl (C=O) groups excluding carboxylic acids is 1. The van der Waals surface area contributed by atoms with E-state index in [1.54, 1.807) is 36.3 Å². The molecule has 2 atom stereocenters. The van der Waals surface area contributed by atoms with Crippen molar-refractivity contribution in [3.63, 3.8) is 0 Å². The molecular weight excluding hydrogens is 314 g/mol. The fraction of sp³-hybridized carbons (Fsp3) is 0.438. The van der Waals surface area contributed by atoms with Crippen molar-refractivity contribution in [1.82, 2.24) is 10.2 Å². The minimum atomic E-state index is -0.761. The first-order chi connectivity index (χ1) is 11.5. The zero-order valence-corrected chi connectivity index (χ0v) is 13.8. The summed E-state index contributed by atoms with van der Waals surface area (Å²) < 4.78 is 16.7. The van der Waals surface area contributed by atoms with Crippen LogP contribution >= 0.6 is 0 Å². The van der Waals surface area contributed by atoms with Crippen molar-refractivity contribution >= 4 is 5.91 Å². The van der Waals surface area contributed by atoms with Gasteiger partial charge in [0.2, 0.25) is 5.69 Å². The van der Waals surface area contributed by atoms with E-state index in [4.69, 9.17) is 14.0 Å². The van der Waals surface area contributed by atoms with Gasteiger partial charge in [-0.1, -0.05) is 0 Å². The summed E-state index contributed by atoms with van der Waals surface area (Å²) in [7, 11) is 1.56. The highest BCUT2D eigenvalue weighted by atomic mass is 16.6. The number of benzene rings is 1. The molecule has 24 heavy (non-hydrogen) atoms. The highest BCUT2D eigenvalue weighted by Crippen LogP contribution is 2.18. The lowest BCUT2D eigenvalue weighted by atomic mass is 10.2. The van der Waals surface area contributed by atoms with Crippen LogP contribution in [0.5, 0.6) is 11.7 Å². The van der Waals surface area contributed by atoms with Gasteiger partial charge in [-0.3, -0.25) is 4.79 Å². The lowest BCUT2D eigenvalue weighted by Crippen LogP contribution is -2.51. The van der Waals surface area contributed by atoms with Gasteiger partial charge in [-0.2, -0.15) is 0 Å². The molecule has 0 radical (unpaired) electrons. The van der Waals surface area contributed by atoms with Crippen molar-refractivity contribution in [2.45, 2.75) is 26.1 Å². The summed E-state index contributed by atoms with van der Waals surface area (Å²) in [4.78, 5) is 14.4. The molecule has 1 aromatic heterocycles. The normalized spacial score (nSPS) is 20.9. The van der Waals surface area contributed by atoms with E-state index in [2.05, 4.69) is 5.27 Å². The molecule has 0 aliphatic carbocycles. The zero-order valence-electron chi connectivity index (χ0n) is 13.8. The standard InChI is InChI=1S/C16H19N3O5/c1-10-8-18(9-11(2)23-10)15(20)14-16(21)24-17-19(14)12-4-6-13(22-3)7-5-12/h4-7,10-11H,8-9H2,1-3H3. The number of methoxy groups -OCH3 is 1. The maximum atomic E-state index is 12.8. The summed E-state index contributed by atoms with van der Waals surface area (Å²) in [6.07, 6.45) is -0.191. The average Bonchev–Trinajstić information content (AvgIpc) is 2.95. The van der Waals surface area contributed by atoms with Crippen molar-refractivity contribution in [1.29, 1.82) is 0 Å². The summed E-state index contributed by atoms with van der Waals surface area (Å²) in [5, 5.41) is 15.7. The summed E-state index contributed by atoms with van der Waals surface area (Å²) in [6, 6.07) is 6.83. The molecule has 0 bridgehead atoms. The molecule has 0 saturated carbocycles. The van der Waals surface area contributed by atoms with Crippen LogP contribution in [-0.2, 0) is 4.74 Å². The first-order valence-electron chi connectivity index (χ1n) is 7.67. The van der Waals surface area contributed by atoms with Gasteiger partial charge in [-0.15, -0.1) is 0 Å². The van der Waals surface area contributed by atoms with Gasteiger partial charge < -0.3 is 24.0 Å². The summed E-state index contributed by atoms with van der Waals surface area (Å²) in [5.74, 6) is -0.518. The molecule has 0 spiro atoms. The van der Waals surface area contributed by atoms with Crippen LogP contribution in [0.25, 0.3) is 5.69 Å². The Morgan fingerprint density at radius 3 is 2.50 bits per heavy atom. The highest BCUT2D eigenvalue weighted by Gasteiger charge is 2.35. The van der Waals surface area contributed by atoms with Crippen molar-refractivity contribution in [3.05, 3.63) is 30.0 Å². The van der Waals surface area contributed by atoms with Crippen molar-refractivity contribution in [2.24, 2.45) is 0 Å². The number of rotatable bonds is 3. The van der Waals surface area contributed by atoms with E-state index >= 15 is 0 Å². The predicted octanol–water partition coefficient (Wildman–Crippen LogP) is 0.283. The van der Waals surface area contributed by atoms with Crippen LogP contribution < -0.4 is 14.5 Å². The molecule has 1 saturated heterocycles. The van der Waals surface area contributed by atoms with Crippen molar-refractivity contribution in [3.8, 4) is 17.4 Å². The number of hydrogen-bond donors (Lipinski definition) is 0. The van der Waals surface area contributed by atoms with E-state index in [-0.39, 0.29) is 17.9 Å². The first kappa shape index (κ1) is 16.3.